The van der Waals surface area contributed by atoms with Crippen molar-refractivity contribution in [3.05, 3.63) is 82.6 Å². The number of hydrogen-bond donors (Lipinski definition) is 0. The second-order valence-electron chi connectivity index (χ2n) is 5.37. The third-order valence-corrected chi connectivity index (χ3v) is 6.21. The fraction of sp³-hybridized carbons (Fsp3) is 0.111. The lowest BCUT2D eigenvalue weighted by molar-refractivity contribution is 0.602. The van der Waals surface area contributed by atoms with Crippen molar-refractivity contribution in [3.63, 3.8) is 0 Å². The largest absolute Gasteiger partial charge is 0.219 e. The lowest BCUT2D eigenvalue weighted by Gasteiger charge is -1.99. The van der Waals surface area contributed by atoms with E-state index in [0.717, 1.165) is 21.9 Å². The standard InChI is InChI=1S/C18H18O4S2/c1-15-5-9-17(10-6-15)23(19,20)13-3-4-14-24(21,22)18-11-7-16(2)8-12-18/h3-14H,1-2H3. The van der Waals surface area contributed by atoms with Gasteiger partial charge in [0.25, 0.3) is 0 Å². The van der Waals surface area contributed by atoms with Crippen LogP contribution in [0.1, 0.15) is 11.1 Å². The Bertz CT molecular complexity index is 881. The molecule has 0 bridgehead atoms. The van der Waals surface area contributed by atoms with Crippen LogP contribution in [0.25, 0.3) is 0 Å². The van der Waals surface area contributed by atoms with Crippen LogP contribution < -0.4 is 0 Å². The molecule has 0 spiro atoms. The van der Waals surface area contributed by atoms with Gasteiger partial charge in [-0.3, -0.25) is 0 Å². The molecule has 0 heterocycles. The molecular weight excluding hydrogens is 344 g/mol. The summed E-state index contributed by atoms with van der Waals surface area (Å²) in [4.78, 5) is 0.332. The Balaban J connectivity index is 2.16. The number of rotatable bonds is 5. The van der Waals surface area contributed by atoms with Crippen molar-refractivity contribution in [2.45, 2.75) is 23.6 Å². The molecule has 0 N–H and O–H groups in total. The molecule has 0 saturated heterocycles. The van der Waals surface area contributed by atoms with Gasteiger partial charge >= 0.3 is 0 Å². The molecule has 4 nitrogen and oxygen atoms in total. The van der Waals surface area contributed by atoms with Gasteiger partial charge in [0.1, 0.15) is 0 Å². The molecule has 0 aliphatic heterocycles. The van der Waals surface area contributed by atoms with Gasteiger partial charge in [0.15, 0.2) is 19.7 Å². The van der Waals surface area contributed by atoms with Crippen molar-refractivity contribution < 1.29 is 16.8 Å². The highest BCUT2D eigenvalue weighted by atomic mass is 32.2. The summed E-state index contributed by atoms with van der Waals surface area (Å²) >= 11 is 0. The van der Waals surface area contributed by atoms with Gasteiger partial charge < -0.3 is 0 Å². The third kappa shape index (κ3) is 4.66. The summed E-state index contributed by atoms with van der Waals surface area (Å²) in [5.41, 5.74) is 1.92. The second-order valence-corrected chi connectivity index (χ2v) is 9.04. The minimum atomic E-state index is -3.59. The SMILES string of the molecule is Cc1ccc(S(=O)(=O)C=CC=CS(=O)(=O)c2ccc(C)cc2)cc1. The van der Waals surface area contributed by atoms with Crippen LogP contribution in [0.3, 0.4) is 0 Å². The third-order valence-electron chi connectivity index (χ3n) is 3.33. The van der Waals surface area contributed by atoms with Crippen LogP contribution in [0.15, 0.2) is 81.3 Å². The Morgan fingerprint density at radius 1 is 0.583 bits per heavy atom. The minimum Gasteiger partial charge on any atom is -0.219 e. The van der Waals surface area contributed by atoms with E-state index in [1.54, 1.807) is 24.3 Å². The topological polar surface area (TPSA) is 68.3 Å². The molecule has 2 rings (SSSR count). The van der Waals surface area contributed by atoms with Crippen molar-refractivity contribution in [2.24, 2.45) is 0 Å². The minimum absolute atomic E-state index is 0.166. The van der Waals surface area contributed by atoms with E-state index in [4.69, 9.17) is 0 Å². The average Bonchev–Trinajstić information content (AvgIpc) is 2.52. The second kappa shape index (κ2) is 7.15. The summed E-state index contributed by atoms with van der Waals surface area (Å²) in [5, 5.41) is 1.97. The van der Waals surface area contributed by atoms with Crippen molar-refractivity contribution >= 4 is 19.7 Å². The Kier molecular flexibility index (Phi) is 5.41. The molecule has 0 atom stereocenters. The van der Waals surface area contributed by atoms with Crippen LogP contribution in [0.2, 0.25) is 0 Å². The van der Waals surface area contributed by atoms with E-state index in [1.165, 1.54) is 36.4 Å². The summed E-state index contributed by atoms with van der Waals surface area (Å²) < 4.78 is 48.4. The summed E-state index contributed by atoms with van der Waals surface area (Å²) in [6.07, 6.45) is 2.42. The molecule has 2 aromatic rings. The van der Waals surface area contributed by atoms with Gasteiger partial charge in [-0.05, 0) is 50.3 Å². The molecule has 6 heteroatoms. The molecule has 0 saturated carbocycles. The maximum atomic E-state index is 12.1. The summed E-state index contributed by atoms with van der Waals surface area (Å²) in [5.74, 6) is 0. The maximum Gasteiger partial charge on any atom is 0.199 e. The lowest BCUT2D eigenvalue weighted by Crippen LogP contribution is -1.96. The van der Waals surface area contributed by atoms with Gasteiger partial charge in [0.05, 0.1) is 9.79 Å². The lowest BCUT2D eigenvalue weighted by atomic mass is 10.2. The highest BCUT2D eigenvalue weighted by molar-refractivity contribution is 7.94. The van der Waals surface area contributed by atoms with Crippen molar-refractivity contribution in [1.82, 2.24) is 0 Å². The molecule has 0 radical (unpaired) electrons. The van der Waals surface area contributed by atoms with E-state index in [9.17, 15) is 16.8 Å². The molecule has 24 heavy (non-hydrogen) atoms. The summed E-state index contributed by atoms with van der Waals surface area (Å²) in [6.45, 7) is 3.73. The zero-order valence-electron chi connectivity index (χ0n) is 13.4. The van der Waals surface area contributed by atoms with Crippen LogP contribution in [0.4, 0.5) is 0 Å². The Morgan fingerprint density at radius 3 is 1.17 bits per heavy atom. The van der Waals surface area contributed by atoms with Gasteiger partial charge in [0.2, 0.25) is 0 Å². The van der Waals surface area contributed by atoms with E-state index in [-0.39, 0.29) is 9.79 Å². The molecular formula is C18H18O4S2. The van der Waals surface area contributed by atoms with E-state index in [1.807, 2.05) is 13.8 Å². The van der Waals surface area contributed by atoms with Gasteiger partial charge in [-0.25, -0.2) is 16.8 Å². The normalized spacial score (nSPS) is 12.9. The Morgan fingerprint density at radius 2 is 0.875 bits per heavy atom. The van der Waals surface area contributed by atoms with Crippen LogP contribution in [-0.4, -0.2) is 16.8 Å². The highest BCUT2D eigenvalue weighted by Gasteiger charge is 2.10. The van der Waals surface area contributed by atoms with Crippen molar-refractivity contribution in [3.8, 4) is 0 Å². The van der Waals surface area contributed by atoms with Crippen LogP contribution >= 0.6 is 0 Å². The van der Waals surface area contributed by atoms with Gasteiger partial charge in [0, 0.05) is 10.8 Å². The average molecular weight is 362 g/mol. The zero-order valence-corrected chi connectivity index (χ0v) is 15.0. The Labute approximate surface area is 143 Å². The molecule has 126 valence electrons. The predicted molar refractivity (Wildman–Crippen MR) is 95.0 cm³/mol. The molecule has 0 unspecified atom stereocenters. The fourth-order valence-electron chi connectivity index (χ4n) is 1.91. The van der Waals surface area contributed by atoms with Crippen molar-refractivity contribution in [1.29, 1.82) is 0 Å². The molecule has 0 aliphatic rings. The predicted octanol–water partition coefficient (Wildman–Crippen LogP) is 3.58. The van der Waals surface area contributed by atoms with Crippen LogP contribution in [-0.2, 0) is 19.7 Å². The smallest absolute Gasteiger partial charge is 0.199 e. The zero-order chi connectivity index (χ0) is 17.8. The van der Waals surface area contributed by atoms with Gasteiger partial charge in [-0.2, -0.15) is 0 Å². The molecule has 0 aliphatic carbocycles. The first-order valence-corrected chi connectivity index (χ1v) is 10.3. The van der Waals surface area contributed by atoms with E-state index < -0.39 is 19.7 Å². The monoisotopic (exact) mass is 362 g/mol. The number of allylic oxidation sites excluding steroid dienone is 2. The van der Waals surface area contributed by atoms with Gasteiger partial charge in [-0.15, -0.1) is 0 Å². The Hall–Kier alpha value is -2.18. The maximum absolute atomic E-state index is 12.1. The first kappa shape index (κ1) is 18.2. The van der Waals surface area contributed by atoms with Crippen LogP contribution in [0.5, 0.6) is 0 Å². The number of aryl methyl sites for hydroxylation is 2. The number of sulfone groups is 2. The summed E-state index contributed by atoms with van der Waals surface area (Å²) in [7, 11) is -7.18. The molecule has 0 amide bonds. The van der Waals surface area contributed by atoms with E-state index in [0.29, 0.717) is 0 Å². The highest BCUT2D eigenvalue weighted by Crippen LogP contribution is 2.15. The first-order valence-electron chi connectivity index (χ1n) is 7.19. The number of benzene rings is 2. The molecule has 2 aromatic carbocycles. The first-order chi connectivity index (χ1) is 11.2. The molecule has 0 aromatic heterocycles. The van der Waals surface area contributed by atoms with E-state index in [2.05, 4.69) is 0 Å². The molecule has 0 fully saturated rings. The fourth-order valence-corrected chi connectivity index (χ4v) is 3.85. The van der Waals surface area contributed by atoms with Crippen LogP contribution in [0, 0.1) is 13.8 Å². The van der Waals surface area contributed by atoms with Gasteiger partial charge in [-0.1, -0.05) is 35.4 Å². The number of hydrogen-bond acceptors (Lipinski definition) is 4. The van der Waals surface area contributed by atoms with E-state index >= 15 is 0 Å². The van der Waals surface area contributed by atoms with Crippen molar-refractivity contribution in [2.75, 3.05) is 0 Å². The summed E-state index contributed by atoms with van der Waals surface area (Å²) in [6, 6.07) is 12.9. The quantitative estimate of drug-likeness (QED) is 0.763.